The van der Waals surface area contributed by atoms with Crippen LogP contribution in [0.1, 0.15) is 5.82 Å². The summed E-state index contributed by atoms with van der Waals surface area (Å²) in [5.41, 5.74) is 7.65. The molecule has 0 spiro atoms. The Kier molecular flexibility index (Phi) is 2.98. The number of nitrogens with zero attached hydrogens (tertiary/aromatic N) is 5. The van der Waals surface area contributed by atoms with Gasteiger partial charge in [-0.15, -0.1) is 0 Å². The number of hydrogen-bond acceptors (Lipinski definition) is 5. The lowest BCUT2D eigenvalue weighted by molar-refractivity contribution is 0.756. The topological polar surface area (TPSA) is 72.9 Å². The van der Waals surface area contributed by atoms with E-state index in [9.17, 15) is 0 Å². The van der Waals surface area contributed by atoms with E-state index in [-0.39, 0.29) is 0 Å². The van der Waals surface area contributed by atoms with E-state index in [0.717, 1.165) is 16.9 Å². The molecule has 0 aliphatic carbocycles. The zero-order valence-electron chi connectivity index (χ0n) is 11.5. The Morgan fingerprint density at radius 3 is 2.55 bits per heavy atom. The highest BCUT2D eigenvalue weighted by Crippen LogP contribution is 2.22. The van der Waals surface area contributed by atoms with E-state index in [2.05, 4.69) is 15.0 Å². The fourth-order valence-electron chi connectivity index (χ4n) is 2.12. The molecule has 3 rings (SSSR count). The summed E-state index contributed by atoms with van der Waals surface area (Å²) in [6.07, 6.45) is 3.69. The van der Waals surface area contributed by atoms with Gasteiger partial charge in [-0.2, -0.15) is 0 Å². The number of anilines is 2. The van der Waals surface area contributed by atoms with Crippen molar-refractivity contribution in [3.05, 3.63) is 42.5 Å². The van der Waals surface area contributed by atoms with E-state index in [1.165, 1.54) is 0 Å². The van der Waals surface area contributed by atoms with Crippen molar-refractivity contribution in [3.8, 4) is 0 Å². The van der Waals surface area contributed by atoms with E-state index >= 15 is 0 Å². The van der Waals surface area contributed by atoms with E-state index in [1.807, 2.05) is 54.0 Å². The molecule has 0 saturated heterocycles. The van der Waals surface area contributed by atoms with E-state index < -0.39 is 0 Å². The van der Waals surface area contributed by atoms with Crippen LogP contribution in [0.2, 0.25) is 0 Å². The molecule has 0 bridgehead atoms. The van der Waals surface area contributed by atoms with E-state index in [1.54, 1.807) is 6.20 Å². The average Bonchev–Trinajstić information content (AvgIpc) is 2.83. The molecule has 0 unspecified atom stereocenters. The Bertz CT molecular complexity index is 748. The zero-order valence-corrected chi connectivity index (χ0v) is 11.5. The van der Waals surface area contributed by atoms with Crippen LogP contribution in [0, 0.1) is 0 Å². The second-order valence-corrected chi connectivity index (χ2v) is 4.73. The highest BCUT2D eigenvalue weighted by Gasteiger charge is 2.12. The molecule has 2 N–H and O–H groups in total. The zero-order chi connectivity index (χ0) is 14.1. The number of nitrogens with two attached hydrogens (primary N) is 1. The number of imidazole rings is 1. The molecule has 0 aliphatic heterocycles. The molecule has 3 aromatic rings. The Balaban J connectivity index is 1.96. The lowest BCUT2D eigenvalue weighted by Gasteiger charge is -2.19. The number of rotatable bonds is 3. The van der Waals surface area contributed by atoms with Crippen LogP contribution in [0.5, 0.6) is 0 Å². The van der Waals surface area contributed by atoms with Gasteiger partial charge in [0.15, 0.2) is 11.6 Å². The van der Waals surface area contributed by atoms with Crippen molar-refractivity contribution >= 4 is 22.7 Å². The molecule has 0 aliphatic rings. The summed E-state index contributed by atoms with van der Waals surface area (Å²) in [5, 5.41) is 0. The standard InChI is InChI=1S/C14H16N6/c1-19-8-7-16-12(19)9-20(2)14-13(15)17-10-5-3-4-6-11(10)18-14/h3-8H,9H2,1-2H3,(H2,15,17). The molecule has 6 nitrogen and oxygen atoms in total. The molecule has 0 saturated carbocycles. The van der Waals surface area contributed by atoms with Crippen molar-refractivity contribution in [2.75, 3.05) is 17.7 Å². The van der Waals surface area contributed by atoms with Crippen LogP contribution >= 0.6 is 0 Å². The van der Waals surface area contributed by atoms with Crippen molar-refractivity contribution < 1.29 is 0 Å². The third kappa shape index (κ3) is 2.16. The van der Waals surface area contributed by atoms with Crippen molar-refractivity contribution in [1.29, 1.82) is 0 Å². The largest absolute Gasteiger partial charge is 0.381 e. The first-order valence-electron chi connectivity index (χ1n) is 6.35. The molecule has 0 radical (unpaired) electrons. The number of hydrogen-bond donors (Lipinski definition) is 1. The molecular formula is C14H16N6. The quantitative estimate of drug-likeness (QED) is 0.780. The molecule has 2 aromatic heterocycles. The predicted molar refractivity (Wildman–Crippen MR) is 79.3 cm³/mol. The number of fused-ring (bicyclic) bond motifs is 1. The van der Waals surface area contributed by atoms with Crippen LogP contribution in [0.4, 0.5) is 11.6 Å². The van der Waals surface area contributed by atoms with Gasteiger partial charge in [0.25, 0.3) is 0 Å². The lowest BCUT2D eigenvalue weighted by atomic mass is 10.3. The Labute approximate surface area is 116 Å². The third-order valence-corrected chi connectivity index (χ3v) is 3.24. The molecule has 0 amide bonds. The minimum absolute atomic E-state index is 0.431. The second kappa shape index (κ2) is 4.80. The number of aromatic nitrogens is 4. The molecular weight excluding hydrogens is 252 g/mol. The van der Waals surface area contributed by atoms with Gasteiger partial charge in [-0.3, -0.25) is 0 Å². The highest BCUT2D eigenvalue weighted by atomic mass is 15.2. The van der Waals surface area contributed by atoms with Crippen LogP contribution in [0.15, 0.2) is 36.7 Å². The first-order valence-corrected chi connectivity index (χ1v) is 6.35. The van der Waals surface area contributed by atoms with Crippen LogP contribution in [-0.2, 0) is 13.6 Å². The van der Waals surface area contributed by atoms with Gasteiger partial charge in [0.2, 0.25) is 0 Å². The number of para-hydroxylation sites is 2. The molecule has 102 valence electrons. The average molecular weight is 268 g/mol. The maximum Gasteiger partial charge on any atom is 0.172 e. The summed E-state index contributed by atoms with van der Waals surface area (Å²) < 4.78 is 1.97. The minimum atomic E-state index is 0.431. The van der Waals surface area contributed by atoms with Gasteiger partial charge in [0, 0.05) is 26.5 Å². The first-order chi connectivity index (χ1) is 9.65. The van der Waals surface area contributed by atoms with Crippen molar-refractivity contribution in [1.82, 2.24) is 19.5 Å². The molecule has 6 heteroatoms. The van der Waals surface area contributed by atoms with Crippen LogP contribution < -0.4 is 10.6 Å². The molecule has 0 atom stereocenters. The monoisotopic (exact) mass is 268 g/mol. The number of aryl methyl sites for hydroxylation is 1. The van der Waals surface area contributed by atoms with Crippen molar-refractivity contribution in [2.24, 2.45) is 7.05 Å². The fourth-order valence-corrected chi connectivity index (χ4v) is 2.12. The van der Waals surface area contributed by atoms with Gasteiger partial charge in [0.05, 0.1) is 17.6 Å². The lowest BCUT2D eigenvalue weighted by Crippen LogP contribution is -2.21. The van der Waals surface area contributed by atoms with Crippen LogP contribution in [-0.4, -0.2) is 26.6 Å². The molecule has 1 aromatic carbocycles. The summed E-state index contributed by atoms with van der Waals surface area (Å²) >= 11 is 0. The van der Waals surface area contributed by atoms with Crippen molar-refractivity contribution in [3.63, 3.8) is 0 Å². The number of nitrogen functional groups attached to an aromatic ring is 1. The van der Waals surface area contributed by atoms with Gasteiger partial charge in [-0.25, -0.2) is 15.0 Å². The Hall–Kier alpha value is -2.63. The number of benzene rings is 1. The van der Waals surface area contributed by atoms with Gasteiger partial charge in [-0.1, -0.05) is 12.1 Å². The molecule has 20 heavy (non-hydrogen) atoms. The summed E-state index contributed by atoms with van der Waals surface area (Å²) in [4.78, 5) is 15.2. The third-order valence-electron chi connectivity index (χ3n) is 3.24. The maximum atomic E-state index is 6.01. The molecule has 0 fully saturated rings. The Morgan fingerprint density at radius 2 is 1.90 bits per heavy atom. The SMILES string of the molecule is CN(Cc1nccn1C)c1nc2ccccc2nc1N. The summed E-state index contributed by atoms with van der Waals surface area (Å²) in [5.74, 6) is 2.05. The Morgan fingerprint density at radius 1 is 1.20 bits per heavy atom. The van der Waals surface area contributed by atoms with Crippen molar-refractivity contribution in [2.45, 2.75) is 6.54 Å². The second-order valence-electron chi connectivity index (χ2n) is 4.73. The van der Waals surface area contributed by atoms with Gasteiger partial charge < -0.3 is 15.2 Å². The predicted octanol–water partition coefficient (Wildman–Crippen LogP) is 1.58. The van der Waals surface area contributed by atoms with Crippen LogP contribution in [0.25, 0.3) is 11.0 Å². The van der Waals surface area contributed by atoms with Gasteiger partial charge >= 0.3 is 0 Å². The summed E-state index contributed by atoms with van der Waals surface area (Å²) in [6.45, 7) is 0.626. The summed E-state index contributed by atoms with van der Waals surface area (Å²) in [7, 11) is 3.90. The highest BCUT2D eigenvalue weighted by molar-refractivity contribution is 5.79. The van der Waals surface area contributed by atoms with Gasteiger partial charge in [-0.05, 0) is 12.1 Å². The normalized spacial score (nSPS) is 10.9. The van der Waals surface area contributed by atoms with Gasteiger partial charge in [0.1, 0.15) is 5.82 Å². The minimum Gasteiger partial charge on any atom is -0.381 e. The molecule has 2 heterocycles. The first kappa shape index (κ1) is 12.4. The van der Waals surface area contributed by atoms with E-state index in [0.29, 0.717) is 18.2 Å². The fraction of sp³-hybridized carbons (Fsp3) is 0.214. The van der Waals surface area contributed by atoms with E-state index in [4.69, 9.17) is 5.73 Å². The van der Waals surface area contributed by atoms with Crippen LogP contribution in [0.3, 0.4) is 0 Å². The maximum absolute atomic E-state index is 6.01. The summed E-state index contributed by atoms with van der Waals surface area (Å²) in [6, 6.07) is 7.70. The smallest absolute Gasteiger partial charge is 0.172 e.